The summed E-state index contributed by atoms with van der Waals surface area (Å²) in [6.07, 6.45) is 3.04. The van der Waals surface area contributed by atoms with Crippen LogP contribution in [0.15, 0.2) is 28.9 Å². The van der Waals surface area contributed by atoms with Crippen LogP contribution in [0.4, 0.5) is 0 Å². The molecule has 1 aromatic carbocycles. The Labute approximate surface area is 123 Å². The van der Waals surface area contributed by atoms with Gasteiger partial charge in [0.1, 0.15) is 11.3 Å². The van der Waals surface area contributed by atoms with Gasteiger partial charge in [-0.25, -0.2) is 0 Å². The largest absolute Gasteiger partial charge is 0.497 e. The molecule has 21 heavy (non-hydrogen) atoms. The first-order valence-corrected chi connectivity index (χ1v) is 7.23. The first kappa shape index (κ1) is 13.9. The van der Waals surface area contributed by atoms with Gasteiger partial charge < -0.3 is 19.8 Å². The average molecular weight is 288 g/mol. The highest BCUT2D eigenvalue weighted by Crippen LogP contribution is 2.26. The minimum absolute atomic E-state index is 0.143. The Hall–Kier alpha value is -2.01. The van der Waals surface area contributed by atoms with Gasteiger partial charge in [-0.1, -0.05) is 0 Å². The molecule has 1 fully saturated rings. The molecule has 112 valence electrons. The van der Waals surface area contributed by atoms with Crippen LogP contribution in [-0.4, -0.2) is 37.6 Å². The highest BCUT2D eigenvalue weighted by Gasteiger charge is 2.25. The molecule has 1 atom stereocenters. The van der Waals surface area contributed by atoms with E-state index in [1.54, 1.807) is 13.4 Å². The zero-order valence-corrected chi connectivity index (χ0v) is 12.2. The number of ether oxygens (including phenoxy) is 1. The second-order valence-corrected chi connectivity index (χ2v) is 5.53. The van der Waals surface area contributed by atoms with Crippen LogP contribution in [0, 0.1) is 5.92 Å². The Bertz CT molecular complexity index is 650. The number of carbonyl (C=O) groups excluding carboxylic acids is 1. The summed E-state index contributed by atoms with van der Waals surface area (Å²) in [4.78, 5) is 14.3. The molecule has 3 rings (SSSR count). The lowest BCUT2D eigenvalue weighted by molar-refractivity contribution is -0.129. The number of fused-ring (bicyclic) bond motifs is 1. The molecule has 0 saturated carbocycles. The quantitative estimate of drug-likeness (QED) is 0.931. The van der Waals surface area contributed by atoms with Gasteiger partial charge in [-0.2, -0.15) is 0 Å². The van der Waals surface area contributed by atoms with Crippen LogP contribution in [0.3, 0.4) is 0 Å². The Morgan fingerprint density at radius 3 is 3.10 bits per heavy atom. The van der Waals surface area contributed by atoms with Crippen LogP contribution >= 0.6 is 0 Å². The number of likely N-dealkylation sites (tertiary alicyclic amines) is 1. The third kappa shape index (κ3) is 2.74. The third-order valence-electron chi connectivity index (χ3n) is 4.18. The number of furan rings is 1. The normalized spacial score (nSPS) is 18.4. The minimum Gasteiger partial charge on any atom is -0.497 e. The van der Waals surface area contributed by atoms with Gasteiger partial charge in [0.15, 0.2) is 0 Å². The van der Waals surface area contributed by atoms with Crippen LogP contribution in [-0.2, 0) is 11.2 Å². The van der Waals surface area contributed by atoms with Gasteiger partial charge in [0.2, 0.25) is 5.91 Å². The Balaban J connectivity index is 1.74. The molecule has 0 aliphatic carbocycles. The fourth-order valence-corrected chi connectivity index (χ4v) is 2.85. The van der Waals surface area contributed by atoms with Gasteiger partial charge in [0.05, 0.1) is 19.8 Å². The Morgan fingerprint density at radius 1 is 1.52 bits per heavy atom. The van der Waals surface area contributed by atoms with Crippen LogP contribution in [0.5, 0.6) is 5.75 Å². The van der Waals surface area contributed by atoms with Gasteiger partial charge >= 0.3 is 0 Å². The van der Waals surface area contributed by atoms with E-state index in [9.17, 15) is 4.79 Å². The second kappa shape index (κ2) is 5.77. The number of hydrogen-bond acceptors (Lipinski definition) is 4. The SMILES string of the molecule is COc1ccc2c(CC(=O)N3CC[C@H](CN)C3)coc2c1. The molecule has 2 aromatic rings. The van der Waals surface area contributed by atoms with Crippen molar-refractivity contribution < 1.29 is 13.9 Å². The molecule has 2 N–H and O–H groups in total. The summed E-state index contributed by atoms with van der Waals surface area (Å²) in [5, 5.41) is 0.971. The molecule has 5 heteroatoms. The molecule has 0 radical (unpaired) electrons. The standard InChI is InChI=1S/C16H20N2O3/c1-20-13-2-3-14-12(10-21-15(14)7-13)6-16(19)18-5-4-11(8-17)9-18/h2-3,7,10-11H,4-6,8-9,17H2,1H3/t11-/m1/s1. The average Bonchev–Trinajstić information content (AvgIpc) is 3.13. The van der Waals surface area contributed by atoms with Crippen molar-refractivity contribution in [3.63, 3.8) is 0 Å². The molecule has 2 heterocycles. The maximum absolute atomic E-state index is 12.4. The van der Waals surface area contributed by atoms with E-state index < -0.39 is 0 Å². The molecule has 0 bridgehead atoms. The summed E-state index contributed by atoms with van der Waals surface area (Å²) < 4.78 is 10.7. The van der Waals surface area contributed by atoms with Crippen molar-refractivity contribution in [1.82, 2.24) is 4.90 Å². The summed E-state index contributed by atoms with van der Waals surface area (Å²) >= 11 is 0. The number of benzene rings is 1. The molecule has 5 nitrogen and oxygen atoms in total. The number of carbonyl (C=O) groups is 1. The van der Waals surface area contributed by atoms with Crippen LogP contribution in [0.2, 0.25) is 0 Å². The monoisotopic (exact) mass is 288 g/mol. The fraction of sp³-hybridized carbons (Fsp3) is 0.438. The molecule has 1 aromatic heterocycles. The summed E-state index contributed by atoms with van der Waals surface area (Å²) in [6, 6.07) is 5.66. The van der Waals surface area contributed by atoms with Crippen molar-refractivity contribution in [3.8, 4) is 5.75 Å². The molecule has 1 aliphatic heterocycles. The van der Waals surface area contributed by atoms with E-state index in [4.69, 9.17) is 14.9 Å². The maximum atomic E-state index is 12.4. The van der Waals surface area contributed by atoms with E-state index in [2.05, 4.69) is 0 Å². The molecule has 1 saturated heterocycles. The lowest BCUT2D eigenvalue weighted by Gasteiger charge is -2.15. The van der Waals surface area contributed by atoms with E-state index in [1.165, 1.54) is 0 Å². The van der Waals surface area contributed by atoms with E-state index in [1.807, 2.05) is 23.1 Å². The van der Waals surface area contributed by atoms with E-state index in [0.717, 1.165) is 41.8 Å². The number of hydrogen-bond donors (Lipinski definition) is 1. The van der Waals surface area contributed by atoms with Gasteiger partial charge in [-0.05, 0) is 31.0 Å². The number of rotatable bonds is 4. The predicted octanol–water partition coefficient (Wildman–Crippen LogP) is 1.79. The Morgan fingerprint density at radius 2 is 2.38 bits per heavy atom. The molecule has 1 amide bonds. The van der Waals surface area contributed by atoms with Gasteiger partial charge in [-0.3, -0.25) is 4.79 Å². The molecule has 1 aliphatic rings. The van der Waals surface area contributed by atoms with Gasteiger partial charge in [0, 0.05) is 30.1 Å². The summed E-state index contributed by atoms with van der Waals surface area (Å²) in [5.41, 5.74) is 7.34. The lowest BCUT2D eigenvalue weighted by atomic mass is 10.1. The second-order valence-electron chi connectivity index (χ2n) is 5.53. The van der Waals surface area contributed by atoms with E-state index in [0.29, 0.717) is 18.9 Å². The van der Waals surface area contributed by atoms with Crippen molar-refractivity contribution in [1.29, 1.82) is 0 Å². The van der Waals surface area contributed by atoms with E-state index >= 15 is 0 Å². The number of amides is 1. The Kier molecular flexibility index (Phi) is 3.84. The number of nitrogens with zero attached hydrogens (tertiary/aromatic N) is 1. The number of methoxy groups -OCH3 is 1. The first-order chi connectivity index (χ1) is 10.2. The first-order valence-electron chi connectivity index (χ1n) is 7.23. The van der Waals surface area contributed by atoms with Crippen molar-refractivity contribution in [3.05, 3.63) is 30.0 Å². The summed E-state index contributed by atoms with van der Waals surface area (Å²) in [5.74, 6) is 1.34. The smallest absolute Gasteiger partial charge is 0.227 e. The van der Waals surface area contributed by atoms with E-state index in [-0.39, 0.29) is 5.91 Å². The zero-order valence-electron chi connectivity index (χ0n) is 12.2. The molecular formula is C16H20N2O3. The maximum Gasteiger partial charge on any atom is 0.227 e. The van der Waals surface area contributed by atoms with Crippen molar-refractivity contribution >= 4 is 16.9 Å². The number of nitrogens with two attached hydrogens (primary N) is 1. The zero-order chi connectivity index (χ0) is 14.8. The molecular weight excluding hydrogens is 268 g/mol. The van der Waals surface area contributed by atoms with Crippen molar-refractivity contribution in [2.45, 2.75) is 12.8 Å². The minimum atomic E-state index is 0.143. The highest BCUT2D eigenvalue weighted by molar-refractivity contribution is 5.88. The van der Waals surface area contributed by atoms with Crippen LogP contribution in [0.25, 0.3) is 11.0 Å². The molecule has 0 unspecified atom stereocenters. The summed E-state index contributed by atoms with van der Waals surface area (Å²) in [7, 11) is 1.62. The molecule has 0 spiro atoms. The van der Waals surface area contributed by atoms with Crippen molar-refractivity contribution in [2.24, 2.45) is 11.7 Å². The predicted molar refractivity (Wildman–Crippen MR) is 80.2 cm³/mol. The fourth-order valence-electron chi connectivity index (χ4n) is 2.85. The van der Waals surface area contributed by atoms with Gasteiger partial charge in [0.25, 0.3) is 0 Å². The highest BCUT2D eigenvalue weighted by atomic mass is 16.5. The topological polar surface area (TPSA) is 68.7 Å². The van der Waals surface area contributed by atoms with Crippen molar-refractivity contribution in [2.75, 3.05) is 26.7 Å². The third-order valence-corrected chi connectivity index (χ3v) is 4.18. The lowest BCUT2D eigenvalue weighted by Crippen LogP contribution is -2.31. The van der Waals surface area contributed by atoms with Crippen LogP contribution in [0.1, 0.15) is 12.0 Å². The van der Waals surface area contributed by atoms with Gasteiger partial charge in [-0.15, -0.1) is 0 Å². The van der Waals surface area contributed by atoms with Crippen LogP contribution < -0.4 is 10.5 Å². The summed E-state index contributed by atoms with van der Waals surface area (Å²) in [6.45, 7) is 2.24.